The van der Waals surface area contributed by atoms with Gasteiger partial charge in [0.25, 0.3) is 6.43 Å². The molecule has 0 spiro atoms. The molecule has 4 heteroatoms. The van der Waals surface area contributed by atoms with E-state index in [2.05, 4.69) is 5.32 Å². The van der Waals surface area contributed by atoms with Crippen LogP contribution in [-0.4, -0.2) is 17.3 Å². The number of benzene rings is 1. The summed E-state index contributed by atoms with van der Waals surface area (Å²) in [5, 5.41) is 12.5. The van der Waals surface area contributed by atoms with Gasteiger partial charge in [-0.15, -0.1) is 0 Å². The number of hydrogen-bond donors (Lipinski definition) is 2. The molecule has 0 bridgehead atoms. The molecule has 16 heavy (non-hydrogen) atoms. The molecule has 0 aliphatic rings. The zero-order chi connectivity index (χ0) is 12.2. The van der Waals surface area contributed by atoms with Gasteiger partial charge < -0.3 is 10.4 Å². The monoisotopic (exact) mass is 229 g/mol. The van der Waals surface area contributed by atoms with Crippen molar-refractivity contribution in [2.24, 2.45) is 0 Å². The summed E-state index contributed by atoms with van der Waals surface area (Å²) in [7, 11) is 0. The van der Waals surface area contributed by atoms with Gasteiger partial charge in [0.2, 0.25) is 0 Å². The smallest absolute Gasteiger partial charge is 0.263 e. The summed E-state index contributed by atoms with van der Waals surface area (Å²) in [5.41, 5.74) is 0.0324. The van der Waals surface area contributed by atoms with Crippen molar-refractivity contribution in [3.63, 3.8) is 0 Å². The van der Waals surface area contributed by atoms with Gasteiger partial charge in [0.1, 0.15) is 0 Å². The van der Waals surface area contributed by atoms with Crippen LogP contribution in [0.15, 0.2) is 24.3 Å². The minimum atomic E-state index is -2.44. The molecule has 0 unspecified atom stereocenters. The third-order valence-electron chi connectivity index (χ3n) is 2.09. The van der Waals surface area contributed by atoms with Crippen molar-refractivity contribution in [2.75, 3.05) is 6.54 Å². The van der Waals surface area contributed by atoms with E-state index in [1.807, 2.05) is 0 Å². The second-order valence-corrected chi connectivity index (χ2v) is 4.46. The number of halogens is 2. The number of hydrogen-bond acceptors (Lipinski definition) is 2. The van der Waals surface area contributed by atoms with Crippen LogP contribution in [0.3, 0.4) is 0 Å². The van der Waals surface area contributed by atoms with Gasteiger partial charge in [0.05, 0.1) is 5.60 Å². The molecular formula is C12H17F2NO. The topological polar surface area (TPSA) is 32.3 Å². The summed E-state index contributed by atoms with van der Waals surface area (Å²) in [6.45, 7) is 4.28. The van der Waals surface area contributed by atoms with E-state index < -0.39 is 12.0 Å². The van der Waals surface area contributed by atoms with E-state index in [1.165, 1.54) is 12.1 Å². The lowest BCUT2D eigenvalue weighted by Gasteiger charge is -2.17. The van der Waals surface area contributed by atoms with Gasteiger partial charge in [0, 0.05) is 18.7 Å². The standard InChI is InChI=1S/C12H17F2NO/c1-12(2,16)8-15-7-9-4-3-5-10(6-9)11(13)14/h3-6,11,15-16H,7-8H2,1-2H3. The molecule has 1 aromatic rings. The van der Waals surface area contributed by atoms with Crippen LogP contribution in [0.25, 0.3) is 0 Å². The van der Waals surface area contributed by atoms with E-state index in [1.54, 1.807) is 26.0 Å². The molecule has 0 atom stereocenters. The molecular weight excluding hydrogens is 212 g/mol. The Bertz CT molecular complexity index is 334. The van der Waals surface area contributed by atoms with Crippen LogP contribution in [-0.2, 0) is 6.54 Å². The molecule has 0 radical (unpaired) electrons. The van der Waals surface area contributed by atoms with Gasteiger partial charge in [-0.1, -0.05) is 18.2 Å². The predicted molar refractivity (Wildman–Crippen MR) is 59.4 cm³/mol. The molecule has 0 aliphatic heterocycles. The SMILES string of the molecule is CC(C)(O)CNCc1cccc(C(F)F)c1. The maximum atomic E-state index is 12.4. The number of alkyl halides is 2. The highest BCUT2D eigenvalue weighted by Crippen LogP contribution is 2.19. The van der Waals surface area contributed by atoms with Crippen LogP contribution < -0.4 is 5.32 Å². The molecule has 0 amide bonds. The molecule has 2 N–H and O–H groups in total. The van der Waals surface area contributed by atoms with Crippen molar-refractivity contribution >= 4 is 0 Å². The second-order valence-electron chi connectivity index (χ2n) is 4.46. The largest absolute Gasteiger partial charge is 0.389 e. The van der Waals surface area contributed by atoms with Gasteiger partial charge in [-0.25, -0.2) is 8.78 Å². The fourth-order valence-corrected chi connectivity index (χ4v) is 1.35. The van der Waals surface area contributed by atoms with E-state index in [0.29, 0.717) is 13.1 Å². The summed E-state index contributed by atoms with van der Waals surface area (Å²) in [5.74, 6) is 0. The molecule has 90 valence electrons. The molecule has 0 aromatic heterocycles. The van der Waals surface area contributed by atoms with E-state index in [9.17, 15) is 13.9 Å². The quantitative estimate of drug-likeness (QED) is 0.813. The first kappa shape index (κ1) is 13.1. The van der Waals surface area contributed by atoms with Crippen LogP contribution in [0.5, 0.6) is 0 Å². The minimum absolute atomic E-state index is 0.0301. The Morgan fingerprint density at radius 3 is 2.62 bits per heavy atom. The third-order valence-corrected chi connectivity index (χ3v) is 2.09. The maximum absolute atomic E-state index is 12.4. The summed E-state index contributed by atoms with van der Waals surface area (Å²) in [4.78, 5) is 0. The second kappa shape index (κ2) is 5.37. The zero-order valence-electron chi connectivity index (χ0n) is 9.50. The Labute approximate surface area is 94.3 Å². The third kappa shape index (κ3) is 4.68. The lowest BCUT2D eigenvalue weighted by molar-refractivity contribution is 0.0795. The molecule has 0 aliphatic carbocycles. The van der Waals surface area contributed by atoms with Gasteiger partial charge in [0.15, 0.2) is 0 Å². The van der Waals surface area contributed by atoms with Crippen molar-refractivity contribution in [3.8, 4) is 0 Å². The zero-order valence-corrected chi connectivity index (χ0v) is 9.50. The molecule has 2 nitrogen and oxygen atoms in total. The highest BCUT2D eigenvalue weighted by molar-refractivity contribution is 5.24. The first-order valence-electron chi connectivity index (χ1n) is 5.18. The van der Waals surface area contributed by atoms with Crippen molar-refractivity contribution in [1.82, 2.24) is 5.32 Å². The van der Waals surface area contributed by atoms with E-state index in [-0.39, 0.29) is 5.56 Å². The number of aliphatic hydroxyl groups is 1. The summed E-state index contributed by atoms with van der Waals surface area (Å²) >= 11 is 0. The lowest BCUT2D eigenvalue weighted by Crippen LogP contribution is -2.34. The Balaban J connectivity index is 2.51. The molecule has 0 fully saturated rings. The van der Waals surface area contributed by atoms with E-state index in [4.69, 9.17) is 0 Å². The van der Waals surface area contributed by atoms with Crippen LogP contribution in [0.4, 0.5) is 8.78 Å². The normalized spacial score (nSPS) is 12.1. The van der Waals surface area contributed by atoms with E-state index >= 15 is 0 Å². The number of nitrogens with one attached hydrogen (secondary N) is 1. The molecule has 0 heterocycles. The van der Waals surface area contributed by atoms with Crippen molar-refractivity contribution in [3.05, 3.63) is 35.4 Å². The molecule has 1 rings (SSSR count). The Hall–Kier alpha value is -1.00. The van der Waals surface area contributed by atoms with Crippen LogP contribution >= 0.6 is 0 Å². The average molecular weight is 229 g/mol. The molecule has 1 aromatic carbocycles. The Morgan fingerprint density at radius 1 is 1.38 bits per heavy atom. The fraction of sp³-hybridized carbons (Fsp3) is 0.500. The van der Waals surface area contributed by atoms with Gasteiger partial charge in [-0.2, -0.15) is 0 Å². The fourth-order valence-electron chi connectivity index (χ4n) is 1.35. The first-order chi connectivity index (χ1) is 7.38. The van der Waals surface area contributed by atoms with Crippen molar-refractivity contribution in [1.29, 1.82) is 0 Å². The first-order valence-corrected chi connectivity index (χ1v) is 5.18. The molecule has 0 saturated heterocycles. The Morgan fingerprint density at radius 2 is 2.06 bits per heavy atom. The minimum Gasteiger partial charge on any atom is -0.389 e. The molecule has 0 saturated carbocycles. The summed E-state index contributed by atoms with van der Waals surface area (Å²) in [6.07, 6.45) is -2.44. The highest BCUT2D eigenvalue weighted by Gasteiger charge is 2.11. The summed E-state index contributed by atoms with van der Waals surface area (Å²) < 4.78 is 24.8. The maximum Gasteiger partial charge on any atom is 0.263 e. The van der Waals surface area contributed by atoms with Gasteiger partial charge >= 0.3 is 0 Å². The van der Waals surface area contributed by atoms with Gasteiger partial charge in [-0.05, 0) is 25.5 Å². The van der Waals surface area contributed by atoms with Crippen LogP contribution in [0.1, 0.15) is 31.4 Å². The van der Waals surface area contributed by atoms with Crippen molar-refractivity contribution in [2.45, 2.75) is 32.4 Å². The predicted octanol–water partition coefficient (Wildman–Crippen LogP) is 2.48. The Kier molecular flexibility index (Phi) is 4.38. The lowest BCUT2D eigenvalue weighted by atomic mass is 10.1. The van der Waals surface area contributed by atoms with Crippen molar-refractivity contribution < 1.29 is 13.9 Å². The van der Waals surface area contributed by atoms with Gasteiger partial charge in [-0.3, -0.25) is 0 Å². The van der Waals surface area contributed by atoms with E-state index in [0.717, 1.165) is 5.56 Å². The number of rotatable bonds is 5. The highest BCUT2D eigenvalue weighted by atomic mass is 19.3. The van der Waals surface area contributed by atoms with Crippen LogP contribution in [0, 0.1) is 0 Å². The van der Waals surface area contributed by atoms with Crippen LogP contribution in [0.2, 0.25) is 0 Å². The summed E-state index contributed by atoms with van der Waals surface area (Å²) in [6, 6.07) is 6.28. The average Bonchev–Trinajstić information content (AvgIpc) is 2.16.